The maximum absolute atomic E-state index is 12.7. The number of carbonyl (C=O) groups excluding carboxylic acids is 1. The van der Waals surface area contributed by atoms with Crippen LogP contribution in [0.25, 0.3) is 10.9 Å². The molecule has 0 saturated carbocycles. The van der Waals surface area contributed by atoms with E-state index in [0.717, 1.165) is 36.0 Å². The van der Waals surface area contributed by atoms with Gasteiger partial charge in [0.05, 0.1) is 0 Å². The molecule has 1 N–H and O–H groups in total. The lowest BCUT2D eigenvalue weighted by Crippen LogP contribution is -2.42. The zero-order valence-electron chi connectivity index (χ0n) is 11.5. The Kier molecular flexibility index (Phi) is 3.05. The summed E-state index contributed by atoms with van der Waals surface area (Å²) in [5.41, 5.74) is 1.85. The Labute approximate surface area is 113 Å². The molecule has 2 unspecified atom stereocenters. The minimum atomic E-state index is 0.170. The first kappa shape index (κ1) is 12.3. The highest BCUT2D eigenvalue weighted by Gasteiger charge is 2.27. The third-order valence-corrected chi connectivity index (χ3v) is 4.45. The summed E-state index contributed by atoms with van der Waals surface area (Å²) in [6, 6.07) is 7.87. The number of nitrogens with zero attached hydrogens (tertiary/aromatic N) is 1. The Bertz CT molecular complexity index is 602. The van der Waals surface area contributed by atoms with E-state index in [1.165, 1.54) is 0 Å². The molecule has 3 rings (SSSR count). The molecular weight excluding hydrogens is 236 g/mol. The second-order valence-corrected chi connectivity index (χ2v) is 5.74. The Morgan fingerprint density at radius 3 is 2.89 bits per heavy atom. The Balaban J connectivity index is 1.90. The van der Waals surface area contributed by atoms with Crippen LogP contribution in [-0.2, 0) is 0 Å². The molecule has 19 heavy (non-hydrogen) atoms. The first-order valence-corrected chi connectivity index (χ1v) is 7.02. The molecule has 1 aromatic heterocycles. The van der Waals surface area contributed by atoms with Crippen molar-refractivity contribution in [3.8, 4) is 0 Å². The van der Waals surface area contributed by atoms with Crippen LogP contribution < -0.4 is 0 Å². The van der Waals surface area contributed by atoms with Crippen molar-refractivity contribution in [2.45, 2.75) is 20.3 Å². The Morgan fingerprint density at radius 2 is 2.11 bits per heavy atom. The quantitative estimate of drug-likeness (QED) is 0.835. The van der Waals surface area contributed by atoms with Gasteiger partial charge in [-0.25, -0.2) is 0 Å². The zero-order chi connectivity index (χ0) is 13.4. The minimum Gasteiger partial charge on any atom is -0.361 e. The third-order valence-electron chi connectivity index (χ3n) is 4.45. The predicted octanol–water partition coefficient (Wildman–Crippen LogP) is 3.29. The van der Waals surface area contributed by atoms with Gasteiger partial charge in [0.1, 0.15) is 0 Å². The van der Waals surface area contributed by atoms with E-state index in [0.29, 0.717) is 11.8 Å². The van der Waals surface area contributed by atoms with Crippen LogP contribution in [0.1, 0.15) is 30.6 Å². The highest BCUT2D eigenvalue weighted by atomic mass is 16.2. The molecule has 1 amide bonds. The summed E-state index contributed by atoms with van der Waals surface area (Å²) in [5, 5.41) is 1.03. The smallest absolute Gasteiger partial charge is 0.254 e. The summed E-state index contributed by atoms with van der Waals surface area (Å²) in [7, 11) is 0. The van der Waals surface area contributed by atoms with E-state index in [1.807, 2.05) is 35.4 Å². The van der Waals surface area contributed by atoms with Gasteiger partial charge in [-0.1, -0.05) is 19.9 Å². The number of likely N-dealkylation sites (tertiary alicyclic amines) is 1. The number of hydrogen-bond donors (Lipinski definition) is 1. The highest BCUT2D eigenvalue weighted by Crippen LogP contribution is 2.25. The number of benzene rings is 1. The van der Waals surface area contributed by atoms with Crippen molar-refractivity contribution in [1.29, 1.82) is 0 Å². The van der Waals surface area contributed by atoms with Crippen LogP contribution >= 0.6 is 0 Å². The van der Waals surface area contributed by atoms with E-state index >= 15 is 0 Å². The van der Waals surface area contributed by atoms with Crippen molar-refractivity contribution in [2.75, 3.05) is 13.1 Å². The fourth-order valence-corrected chi connectivity index (χ4v) is 2.89. The van der Waals surface area contributed by atoms with E-state index in [-0.39, 0.29) is 5.91 Å². The van der Waals surface area contributed by atoms with Crippen molar-refractivity contribution in [3.63, 3.8) is 0 Å². The van der Waals surface area contributed by atoms with Crippen LogP contribution in [0.4, 0.5) is 0 Å². The van der Waals surface area contributed by atoms with Gasteiger partial charge in [-0.15, -0.1) is 0 Å². The highest BCUT2D eigenvalue weighted by molar-refractivity contribution is 6.06. The summed E-state index contributed by atoms with van der Waals surface area (Å²) >= 11 is 0. The van der Waals surface area contributed by atoms with E-state index in [9.17, 15) is 4.79 Å². The van der Waals surface area contributed by atoms with Crippen LogP contribution in [0.2, 0.25) is 0 Å². The van der Waals surface area contributed by atoms with Crippen molar-refractivity contribution >= 4 is 16.8 Å². The molecule has 3 heteroatoms. The number of piperidine rings is 1. The number of aromatic nitrogens is 1. The third kappa shape index (κ3) is 2.14. The van der Waals surface area contributed by atoms with Gasteiger partial charge in [0.2, 0.25) is 0 Å². The minimum absolute atomic E-state index is 0.170. The lowest BCUT2D eigenvalue weighted by atomic mass is 9.88. The second kappa shape index (κ2) is 4.72. The molecule has 0 radical (unpaired) electrons. The molecule has 2 aromatic rings. The van der Waals surface area contributed by atoms with Gasteiger partial charge in [-0.05, 0) is 36.5 Å². The van der Waals surface area contributed by atoms with Crippen molar-refractivity contribution in [1.82, 2.24) is 9.88 Å². The fourth-order valence-electron chi connectivity index (χ4n) is 2.89. The van der Waals surface area contributed by atoms with Gasteiger partial charge in [0, 0.05) is 35.8 Å². The number of nitrogens with one attached hydrogen (secondary N) is 1. The molecule has 1 aliphatic heterocycles. The molecule has 100 valence electrons. The lowest BCUT2D eigenvalue weighted by molar-refractivity contribution is 0.0629. The van der Waals surface area contributed by atoms with Gasteiger partial charge >= 0.3 is 0 Å². The number of H-pyrrole nitrogens is 1. The first-order chi connectivity index (χ1) is 9.16. The maximum atomic E-state index is 12.7. The summed E-state index contributed by atoms with van der Waals surface area (Å²) in [5.74, 6) is 1.47. The van der Waals surface area contributed by atoms with Crippen LogP contribution in [-0.4, -0.2) is 28.9 Å². The Hall–Kier alpha value is -1.77. The molecule has 0 aliphatic carbocycles. The fraction of sp³-hybridized carbons (Fsp3) is 0.438. The number of fused-ring (bicyclic) bond motifs is 1. The van der Waals surface area contributed by atoms with Gasteiger partial charge < -0.3 is 9.88 Å². The SMILES string of the molecule is CC1CCN(C(=O)c2cccc3[nH]ccc23)CC1C. The van der Waals surface area contributed by atoms with Crippen LogP contribution in [0.15, 0.2) is 30.5 Å². The van der Waals surface area contributed by atoms with Gasteiger partial charge in [-0.2, -0.15) is 0 Å². The summed E-state index contributed by atoms with van der Waals surface area (Å²) in [4.78, 5) is 17.8. The molecule has 1 saturated heterocycles. The molecule has 0 bridgehead atoms. The number of carbonyl (C=O) groups is 1. The largest absolute Gasteiger partial charge is 0.361 e. The van der Waals surface area contributed by atoms with Crippen LogP contribution in [0, 0.1) is 11.8 Å². The summed E-state index contributed by atoms with van der Waals surface area (Å²) < 4.78 is 0. The van der Waals surface area contributed by atoms with Gasteiger partial charge in [-0.3, -0.25) is 4.79 Å². The molecule has 2 atom stereocenters. The Morgan fingerprint density at radius 1 is 1.26 bits per heavy atom. The van der Waals surface area contributed by atoms with Crippen LogP contribution in [0.3, 0.4) is 0 Å². The van der Waals surface area contributed by atoms with E-state index < -0.39 is 0 Å². The predicted molar refractivity (Wildman–Crippen MR) is 77.1 cm³/mol. The topological polar surface area (TPSA) is 36.1 Å². The van der Waals surface area contributed by atoms with Gasteiger partial charge in [0.15, 0.2) is 0 Å². The molecule has 1 aromatic carbocycles. The van der Waals surface area contributed by atoms with Crippen molar-refractivity contribution in [2.24, 2.45) is 11.8 Å². The molecule has 1 fully saturated rings. The first-order valence-electron chi connectivity index (χ1n) is 7.02. The monoisotopic (exact) mass is 256 g/mol. The summed E-state index contributed by atoms with van der Waals surface area (Å²) in [6.07, 6.45) is 3.00. The second-order valence-electron chi connectivity index (χ2n) is 5.74. The van der Waals surface area contributed by atoms with E-state index in [4.69, 9.17) is 0 Å². The van der Waals surface area contributed by atoms with Crippen molar-refractivity contribution in [3.05, 3.63) is 36.0 Å². The molecule has 0 spiro atoms. The number of hydrogen-bond acceptors (Lipinski definition) is 1. The average Bonchev–Trinajstić information content (AvgIpc) is 2.89. The van der Waals surface area contributed by atoms with E-state index in [2.05, 4.69) is 18.8 Å². The van der Waals surface area contributed by atoms with Crippen LogP contribution in [0.5, 0.6) is 0 Å². The number of amides is 1. The number of rotatable bonds is 1. The standard InChI is InChI=1S/C16H20N2O/c1-11-7-9-18(10-12(11)2)16(19)14-4-3-5-15-13(14)6-8-17-15/h3-6,8,11-12,17H,7,9-10H2,1-2H3. The average molecular weight is 256 g/mol. The molecule has 2 heterocycles. The van der Waals surface area contributed by atoms with E-state index in [1.54, 1.807) is 0 Å². The molecular formula is C16H20N2O. The molecule has 1 aliphatic rings. The normalized spacial score (nSPS) is 23.8. The lowest BCUT2D eigenvalue weighted by Gasteiger charge is -2.35. The van der Waals surface area contributed by atoms with Gasteiger partial charge in [0.25, 0.3) is 5.91 Å². The summed E-state index contributed by atoms with van der Waals surface area (Å²) in [6.45, 7) is 6.27. The number of aromatic amines is 1. The maximum Gasteiger partial charge on any atom is 0.254 e. The zero-order valence-corrected chi connectivity index (χ0v) is 11.5. The van der Waals surface area contributed by atoms with Crippen molar-refractivity contribution < 1.29 is 4.79 Å². The molecule has 3 nitrogen and oxygen atoms in total.